The van der Waals surface area contributed by atoms with Gasteiger partial charge in [-0.25, -0.2) is 0 Å². The van der Waals surface area contributed by atoms with Crippen molar-refractivity contribution < 1.29 is 33.2 Å². The molecule has 0 aliphatic heterocycles. The molecular weight excluding hydrogens is 925 g/mol. The molecule has 8 atom stereocenters. The summed E-state index contributed by atoms with van der Waals surface area (Å²) in [6, 6.07) is 0. The van der Waals surface area contributed by atoms with Gasteiger partial charge < -0.3 is 33.2 Å². The van der Waals surface area contributed by atoms with Gasteiger partial charge in [0, 0.05) is 25.0 Å². The van der Waals surface area contributed by atoms with E-state index in [1.54, 1.807) is 7.11 Å². The molecule has 0 aromatic rings. The molecule has 5 fully saturated rings. The second-order valence-corrected chi connectivity index (χ2v) is 24.3. The Morgan fingerprint density at radius 1 is 0.647 bits per heavy atom. The number of thiocarbonyl (C=S) groups is 4. The molecule has 0 N–H and O–H groups in total. The summed E-state index contributed by atoms with van der Waals surface area (Å²) in [6.45, 7) is 17.7. The van der Waals surface area contributed by atoms with E-state index < -0.39 is 12.0 Å². The van der Waals surface area contributed by atoms with Crippen molar-refractivity contribution in [1.29, 1.82) is 0 Å². The molecule has 386 valence electrons. The van der Waals surface area contributed by atoms with Crippen molar-refractivity contribution in [3.05, 3.63) is 23.5 Å². The Bertz CT molecular complexity index is 1650. The summed E-state index contributed by atoms with van der Waals surface area (Å²) >= 11 is 24.4. The molecule has 0 saturated heterocycles. The van der Waals surface area contributed by atoms with Crippen molar-refractivity contribution in [1.82, 2.24) is 0 Å². The summed E-state index contributed by atoms with van der Waals surface area (Å²) in [6.07, 6.45) is 28.5. The minimum Gasteiger partial charge on any atom is -0.484 e. The lowest BCUT2D eigenvalue weighted by Crippen LogP contribution is -2.40. The molecule has 0 aromatic carbocycles. The SMILES string of the molecule is CCC1CCC(C2CCC(C(=S)OC3=CC(C(=S)OCC(C)OCC(C)C4CC[C@H]4C)C(OCC4(C=S)CCC(C5CCC(CC)CC5)CC4)C=C3C(=S)OCC(C)OCC(C)OC)CC2)CC1. The van der Waals surface area contributed by atoms with Gasteiger partial charge in [-0.1, -0.05) is 84.9 Å². The Morgan fingerprint density at radius 3 is 1.71 bits per heavy atom. The molecule has 7 unspecified atom stereocenters. The van der Waals surface area contributed by atoms with Gasteiger partial charge in [-0.3, -0.25) is 0 Å². The molecule has 68 heavy (non-hydrogen) atoms. The summed E-state index contributed by atoms with van der Waals surface area (Å²) < 4.78 is 44.6. The largest absolute Gasteiger partial charge is 0.484 e. The summed E-state index contributed by atoms with van der Waals surface area (Å²) in [4.78, 5) is 0. The molecule has 5 saturated carbocycles. The zero-order valence-corrected chi connectivity index (χ0v) is 46.8. The number of hydrogen-bond acceptors (Lipinski definition) is 11. The van der Waals surface area contributed by atoms with E-state index in [0.29, 0.717) is 52.2 Å². The molecular formula is C57H92O7S4. The molecule has 0 aromatic heterocycles. The van der Waals surface area contributed by atoms with Crippen LogP contribution in [0.5, 0.6) is 0 Å². The average Bonchev–Trinajstić information content (AvgIpc) is 3.37. The normalized spacial score (nSPS) is 35.0. The summed E-state index contributed by atoms with van der Waals surface area (Å²) in [7, 11) is 1.69. The van der Waals surface area contributed by atoms with Crippen molar-refractivity contribution in [3.8, 4) is 0 Å². The maximum Gasteiger partial charge on any atom is 0.194 e. The topological polar surface area (TPSA) is 64.6 Å². The van der Waals surface area contributed by atoms with Gasteiger partial charge in [0.15, 0.2) is 15.2 Å². The Morgan fingerprint density at radius 2 is 1.19 bits per heavy atom. The Kier molecular flexibility index (Phi) is 23.2. The van der Waals surface area contributed by atoms with Gasteiger partial charge in [0.25, 0.3) is 0 Å². The highest BCUT2D eigenvalue weighted by atomic mass is 32.1. The number of hydrogen-bond donors (Lipinski definition) is 0. The predicted octanol–water partition coefficient (Wildman–Crippen LogP) is 14.8. The summed E-state index contributed by atoms with van der Waals surface area (Å²) in [5.41, 5.74) is 0.466. The van der Waals surface area contributed by atoms with Gasteiger partial charge in [-0.05, 0) is 212 Å². The van der Waals surface area contributed by atoms with Crippen molar-refractivity contribution in [2.24, 2.45) is 70.5 Å². The van der Waals surface area contributed by atoms with E-state index in [-0.39, 0.29) is 36.3 Å². The van der Waals surface area contributed by atoms with Gasteiger partial charge in [0.1, 0.15) is 19.0 Å². The first-order valence-electron chi connectivity index (χ1n) is 27.6. The highest BCUT2D eigenvalue weighted by Gasteiger charge is 2.41. The molecule has 0 heterocycles. The van der Waals surface area contributed by atoms with Crippen LogP contribution in [0.3, 0.4) is 0 Å². The number of rotatable bonds is 24. The van der Waals surface area contributed by atoms with Crippen molar-refractivity contribution in [3.63, 3.8) is 0 Å². The fourth-order valence-electron chi connectivity index (χ4n) is 12.7. The molecule has 11 heteroatoms. The zero-order valence-electron chi connectivity index (χ0n) is 43.6. The fraction of sp³-hybridized carbons (Fsp3) is 0.860. The Labute approximate surface area is 435 Å². The molecule has 0 bridgehead atoms. The van der Waals surface area contributed by atoms with Crippen LogP contribution in [0.1, 0.15) is 177 Å². The van der Waals surface area contributed by atoms with Crippen LogP contribution in [-0.2, 0) is 33.2 Å². The van der Waals surface area contributed by atoms with E-state index in [2.05, 4.69) is 40.7 Å². The Balaban J connectivity index is 1.18. The predicted molar refractivity (Wildman–Crippen MR) is 294 cm³/mol. The molecule has 6 aliphatic carbocycles. The van der Waals surface area contributed by atoms with Crippen molar-refractivity contribution in [2.75, 3.05) is 40.1 Å². The van der Waals surface area contributed by atoms with Crippen LogP contribution in [0.25, 0.3) is 0 Å². The Hall–Kier alpha value is -0.920. The van der Waals surface area contributed by atoms with Crippen molar-refractivity contribution >= 4 is 69.4 Å². The lowest BCUT2D eigenvalue weighted by molar-refractivity contribution is -0.0289. The fourth-order valence-corrected chi connectivity index (χ4v) is 13.9. The number of methoxy groups -OCH3 is 1. The van der Waals surface area contributed by atoms with Crippen molar-refractivity contribution in [2.45, 2.75) is 201 Å². The maximum atomic E-state index is 7.08. The lowest BCUT2D eigenvalue weighted by Gasteiger charge is -2.42. The van der Waals surface area contributed by atoms with Gasteiger partial charge >= 0.3 is 0 Å². The first-order chi connectivity index (χ1) is 32.7. The van der Waals surface area contributed by atoms with Gasteiger partial charge in [0.05, 0.1) is 49.1 Å². The molecule has 7 nitrogen and oxygen atoms in total. The second-order valence-electron chi connectivity index (χ2n) is 22.9. The van der Waals surface area contributed by atoms with E-state index in [0.717, 1.165) is 79.6 Å². The molecule has 6 aliphatic rings. The number of ether oxygens (including phenoxy) is 7. The summed E-state index contributed by atoms with van der Waals surface area (Å²) in [5.74, 6) is 7.42. The van der Waals surface area contributed by atoms with Crippen LogP contribution in [0.2, 0.25) is 0 Å². The van der Waals surface area contributed by atoms with Gasteiger partial charge in [0.2, 0.25) is 0 Å². The monoisotopic (exact) mass is 1020 g/mol. The zero-order chi connectivity index (χ0) is 48.8. The average molecular weight is 1020 g/mol. The molecule has 6 rings (SSSR count). The van der Waals surface area contributed by atoms with Crippen LogP contribution >= 0.6 is 48.9 Å². The third-order valence-corrected chi connectivity index (χ3v) is 19.8. The van der Waals surface area contributed by atoms with Crippen LogP contribution in [0.15, 0.2) is 23.5 Å². The van der Waals surface area contributed by atoms with Gasteiger partial charge in [-0.2, -0.15) is 0 Å². The van der Waals surface area contributed by atoms with Crippen LogP contribution < -0.4 is 0 Å². The van der Waals surface area contributed by atoms with E-state index in [1.165, 1.54) is 103 Å². The molecule has 0 spiro atoms. The highest BCUT2D eigenvalue weighted by molar-refractivity contribution is 7.80. The second kappa shape index (κ2) is 27.9. The quantitative estimate of drug-likeness (QED) is 0.0869. The standard InChI is InChI=1S/C57H92O7S4/c1-9-42-12-16-44(17-13-42)46-20-22-48(23-21-46)54(66)64-53-30-50(55(67)61-33-40(6)59-31-38(4)49-24-11-37(49)3)52(29-51(53)56(68)62-34-41(7)60-32-39(5)58-8)63-35-57(36-65)27-25-47(26-28-57)45-18-14-43(10-2)15-19-45/h29-30,36-50,52H,9-28,31-35H2,1-8H3/t37-,38?,39?,40?,41?,42?,43?,44?,45?,46?,47?,48?,49?,50?,52?,57?/m1/s1. The first kappa shape index (κ1) is 56.4. The minimum absolute atomic E-state index is 0.0257. The third kappa shape index (κ3) is 16.0. The minimum atomic E-state index is -0.486. The van der Waals surface area contributed by atoms with Gasteiger partial charge in [-0.15, -0.1) is 0 Å². The van der Waals surface area contributed by atoms with E-state index in [9.17, 15) is 0 Å². The molecule has 0 radical (unpaired) electrons. The third-order valence-electron chi connectivity index (χ3n) is 18.2. The van der Waals surface area contributed by atoms with Crippen LogP contribution in [0.4, 0.5) is 0 Å². The van der Waals surface area contributed by atoms with E-state index in [4.69, 9.17) is 82.0 Å². The maximum absolute atomic E-state index is 7.08. The lowest BCUT2D eigenvalue weighted by atomic mass is 9.65. The smallest absolute Gasteiger partial charge is 0.194 e. The first-order valence-corrected chi connectivity index (χ1v) is 29.3. The van der Waals surface area contributed by atoms with Crippen LogP contribution in [0, 0.1) is 70.5 Å². The van der Waals surface area contributed by atoms with E-state index in [1.807, 2.05) is 25.3 Å². The summed E-state index contributed by atoms with van der Waals surface area (Å²) in [5, 5.41) is 3.38. The highest BCUT2D eigenvalue weighted by Crippen LogP contribution is 2.47. The van der Waals surface area contributed by atoms with Crippen LogP contribution in [-0.4, -0.2) is 85.1 Å². The molecule has 0 amide bonds. The van der Waals surface area contributed by atoms with E-state index >= 15 is 0 Å².